The summed E-state index contributed by atoms with van der Waals surface area (Å²) in [5, 5.41) is 0. The summed E-state index contributed by atoms with van der Waals surface area (Å²) in [5.74, 6) is 0.494. The van der Waals surface area contributed by atoms with Crippen molar-refractivity contribution in [1.82, 2.24) is 4.98 Å². The summed E-state index contributed by atoms with van der Waals surface area (Å²) in [6, 6.07) is 15.1. The summed E-state index contributed by atoms with van der Waals surface area (Å²) in [7, 11) is 0. The molecule has 0 radical (unpaired) electrons. The van der Waals surface area contributed by atoms with Crippen LogP contribution in [0.25, 0.3) is 11.1 Å². The number of Topliss-reactive ketones (excluding diaryl/α,β-unsaturated/α-hetero) is 1. The van der Waals surface area contributed by atoms with Crippen LogP contribution in [-0.2, 0) is 6.42 Å². The van der Waals surface area contributed by atoms with Crippen LogP contribution in [0.2, 0.25) is 0 Å². The predicted octanol–water partition coefficient (Wildman–Crippen LogP) is 3.98. The van der Waals surface area contributed by atoms with Gasteiger partial charge in [-0.15, -0.1) is 11.8 Å². The van der Waals surface area contributed by atoms with Crippen molar-refractivity contribution < 1.29 is 9.21 Å². The van der Waals surface area contributed by atoms with E-state index in [9.17, 15) is 4.79 Å². The zero-order valence-electron chi connectivity index (χ0n) is 11.0. The van der Waals surface area contributed by atoms with Crippen molar-refractivity contribution in [3.05, 3.63) is 60.0 Å². The molecule has 3 nitrogen and oxygen atoms in total. The molecular formula is C16H13NO2S. The summed E-state index contributed by atoms with van der Waals surface area (Å²) >= 11 is 1.57. The van der Waals surface area contributed by atoms with Crippen LogP contribution in [-0.4, -0.2) is 17.0 Å². The molecule has 0 atom stereocenters. The number of aromatic nitrogens is 1. The lowest BCUT2D eigenvalue weighted by Crippen LogP contribution is -2.05. The van der Waals surface area contributed by atoms with Crippen molar-refractivity contribution >= 4 is 28.6 Å². The van der Waals surface area contributed by atoms with Gasteiger partial charge in [0.15, 0.2) is 11.4 Å². The van der Waals surface area contributed by atoms with Crippen LogP contribution in [0.15, 0.2) is 57.8 Å². The van der Waals surface area contributed by atoms with Gasteiger partial charge in [0, 0.05) is 10.5 Å². The van der Waals surface area contributed by atoms with Gasteiger partial charge in [-0.05, 0) is 24.5 Å². The standard InChI is InChI=1S/C16H13NO2S/c1-20-15-9-5-2-6-11(15)13(18)10-16-17-12-7-3-4-8-14(12)19-16/h2-9H,10H2,1H3. The van der Waals surface area contributed by atoms with Crippen molar-refractivity contribution in [3.63, 3.8) is 0 Å². The Morgan fingerprint density at radius 1 is 1.15 bits per heavy atom. The highest BCUT2D eigenvalue weighted by atomic mass is 32.2. The van der Waals surface area contributed by atoms with Gasteiger partial charge in [0.05, 0.1) is 6.42 Å². The molecule has 20 heavy (non-hydrogen) atoms. The Morgan fingerprint density at radius 3 is 2.70 bits per heavy atom. The van der Waals surface area contributed by atoms with E-state index in [2.05, 4.69) is 4.98 Å². The molecule has 1 heterocycles. The first-order valence-electron chi connectivity index (χ1n) is 6.28. The van der Waals surface area contributed by atoms with Gasteiger partial charge < -0.3 is 4.42 Å². The van der Waals surface area contributed by atoms with Crippen LogP contribution in [0.3, 0.4) is 0 Å². The van der Waals surface area contributed by atoms with Crippen molar-refractivity contribution in [1.29, 1.82) is 0 Å². The fourth-order valence-electron chi connectivity index (χ4n) is 2.10. The topological polar surface area (TPSA) is 43.1 Å². The second-order valence-corrected chi connectivity index (χ2v) is 5.22. The molecule has 4 heteroatoms. The molecule has 3 rings (SSSR count). The lowest BCUT2D eigenvalue weighted by molar-refractivity contribution is 0.0983. The number of para-hydroxylation sites is 2. The van der Waals surface area contributed by atoms with E-state index in [-0.39, 0.29) is 12.2 Å². The van der Waals surface area contributed by atoms with Gasteiger partial charge in [0.25, 0.3) is 0 Å². The third-order valence-electron chi connectivity index (χ3n) is 3.06. The molecule has 0 saturated carbocycles. The summed E-state index contributed by atoms with van der Waals surface area (Å²) in [4.78, 5) is 17.7. The normalized spacial score (nSPS) is 10.8. The Kier molecular flexibility index (Phi) is 3.56. The van der Waals surface area contributed by atoms with E-state index in [1.165, 1.54) is 0 Å². The van der Waals surface area contributed by atoms with E-state index in [4.69, 9.17) is 4.42 Å². The Balaban J connectivity index is 1.88. The molecule has 0 spiro atoms. The highest BCUT2D eigenvalue weighted by Crippen LogP contribution is 2.22. The number of rotatable bonds is 4. The van der Waals surface area contributed by atoms with E-state index in [1.54, 1.807) is 11.8 Å². The third-order valence-corrected chi connectivity index (χ3v) is 3.85. The number of thioether (sulfide) groups is 1. The van der Waals surface area contributed by atoms with Gasteiger partial charge in [-0.1, -0.05) is 30.3 Å². The monoisotopic (exact) mass is 283 g/mol. The first-order chi connectivity index (χ1) is 9.78. The third kappa shape index (κ3) is 2.47. The largest absolute Gasteiger partial charge is 0.440 e. The molecule has 100 valence electrons. The number of carbonyl (C=O) groups excluding carboxylic acids is 1. The van der Waals surface area contributed by atoms with Gasteiger partial charge in [0.2, 0.25) is 5.89 Å². The van der Waals surface area contributed by atoms with Crippen molar-refractivity contribution in [2.24, 2.45) is 0 Å². The minimum Gasteiger partial charge on any atom is -0.440 e. The van der Waals surface area contributed by atoms with Crippen LogP contribution in [0.4, 0.5) is 0 Å². The Morgan fingerprint density at radius 2 is 1.90 bits per heavy atom. The molecule has 0 N–H and O–H groups in total. The first-order valence-corrected chi connectivity index (χ1v) is 7.51. The second kappa shape index (κ2) is 5.51. The summed E-state index contributed by atoms with van der Waals surface area (Å²) in [6.45, 7) is 0. The number of fused-ring (bicyclic) bond motifs is 1. The number of nitrogens with zero attached hydrogens (tertiary/aromatic N) is 1. The molecular weight excluding hydrogens is 270 g/mol. The highest BCUT2D eigenvalue weighted by molar-refractivity contribution is 7.98. The number of ketones is 1. The molecule has 0 aliphatic heterocycles. The van der Waals surface area contributed by atoms with E-state index >= 15 is 0 Å². The van der Waals surface area contributed by atoms with Crippen LogP contribution < -0.4 is 0 Å². The molecule has 0 amide bonds. The number of carbonyl (C=O) groups is 1. The average molecular weight is 283 g/mol. The number of oxazole rings is 1. The quantitative estimate of drug-likeness (QED) is 0.536. The smallest absolute Gasteiger partial charge is 0.203 e. The maximum absolute atomic E-state index is 12.4. The number of hydrogen-bond acceptors (Lipinski definition) is 4. The Hall–Kier alpha value is -2.07. The molecule has 1 aromatic heterocycles. The van der Waals surface area contributed by atoms with Crippen molar-refractivity contribution in [2.75, 3.05) is 6.26 Å². The lowest BCUT2D eigenvalue weighted by atomic mass is 10.1. The van der Waals surface area contributed by atoms with E-state index in [1.807, 2.05) is 54.8 Å². The van der Waals surface area contributed by atoms with Crippen LogP contribution in [0.5, 0.6) is 0 Å². The number of hydrogen-bond donors (Lipinski definition) is 0. The van der Waals surface area contributed by atoms with E-state index in [0.717, 1.165) is 16.0 Å². The van der Waals surface area contributed by atoms with Gasteiger partial charge in [-0.25, -0.2) is 4.98 Å². The summed E-state index contributed by atoms with van der Waals surface area (Å²) in [6.07, 6.45) is 2.15. The van der Waals surface area contributed by atoms with Gasteiger partial charge in [0.1, 0.15) is 5.52 Å². The Bertz CT molecular complexity index is 731. The van der Waals surface area contributed by atoms with Crippen molar-refractivity contribution in [3.8, 4) is 0 Å². The second-order valence-electron chi connectivity index (χ2n) is 4.38. The van der Waals surface area contributed by atoms with Gasteiger partial charge >= 0.3 is 0 Å². The molecule has 2 aromatic carbocycles. The van der Waals surface area contributed by atoms with Gasteiger partial charge in [-0.3, -0.25) is 4.79 Å². The molecule has 3 aromatic rings. The minimum atomic E-state index is 0.0292. The zero-order chi connectivity index (χ0) is 13.9. The molecule has 0 aliphatic rings. The fraction of sp³-hybridized carbons (Fsp3) is 0.125. The van der Waals surface area contributed by atoms with E-state index in [0.29, 0.717) is 11.5 Å². The molecule has 0 unspecified atom stereocenters. The molecule has 0 fully saturated rings. The molecule has 0 saturated heterocycles. The minimum absolute atomic E-state index is 0.0292. The highest BCUT2D eigenvalue weighted by Gasteiger charge is 2.14. The fourth-order valence-corrected chi connectivity index (χ4v) is 2.72. The van der Waals surface area contributed by atoms with Crippen LogP contribution in [0, 0.1) is 0 Å². The SMILES string of the molecule is CSc1ccccc1C(=O)Cc1nc2ccccc2o1. The number of benzene rings is 2. The zero-order valence-corrected chi connectivity index (χ0v) is 11.8. The maximum atomic E-state index is 12.4. The van der Waals surface area contributed by atoms with Crippen LogP contribution >= 0.6 is 11.8 Å². The average Bonchev–Trinajstić information content (AvgIpc) is 2.89. The van der Waals surface area contributed by atoms with E-state index < -0.39 is 0 Å². The lowest BCUT2D eigenvalue weighted by Gasteiger charge is -2.04. The summed E-state index contributed by atoms with van der Waals surface area (Å²) in [5.41, 5.74) is 2.23. The summed E-state index contributed by atoms with van der Waals surface area (Å²) < 4.78 is 5.59. The predicted molar refractivity (Wildman–Crippen MR) is 80.3 cm³/mol. The molecule has 0 aliphatic carbocycles. The van der Waals surface area contributed by atoms with Crippen LogP contribution in [0.1, 0.15) is 16.2 Å². The van der Waals surface area contributed by atoms with Crippen molar-refractivity contribution in [2.45, 2.75) is 11.3 Å². The molecule has 0 bridgehead atoms. The first kappa shape index (κ1) is 12.9. The van der Waals surface area contributed by atoms with Gasteiger partial charge in [-0.2, -0.15) is 0 Å². The Labute approximate surface area is 121 Å². The maximum Gasteiger partial charge on any atom is 0.203 e.